The summed E-state index contributed by atoms with van der Waals surface area (Å²) >= 11 is 0. The van der Waals surface area contributed by atoms with Gasteiger partial charge in [-0.25, -0.2) is 15.0 Å². The van der Waals surface area contributed by atoms with Crippen molar-refractivity contribution in [1.29, 1.82) is 0 Å². The number of aliphatic imine (C=N–C) groups is 1. The van der Waals surface area contributed by atoms with E-state index in [1.165, 1.54) is 6.33 Å². The van der Waals surface area contributed by atoms with Crippen molar-refractivity contribution in [2.75, 3.05) is 6.61 Å². The second-order valence-electron chi connectivity index (χ2n) is 5.98. The summed E-state index contributed by atoms with van der Waals surface area (Å²) in [7, 11) is 0. The number of fused-ring (bicyclic) bond motifs is 2. The minimum Gasteiger partial charge on any atom is -0.490 e. The Morgan fingerprint density at radius 2 is 1.75 bits per heavy atom. The van der Waals surface area contributed by atoms with Crippen molar-refractivity contribution < 1.29 is 4.74 Å². The van der Waals surface area contributed by atoms with Crippen LogP contribution in [0.4, 0.5) is 5.82 Å². The molecule has 3 aromatic rings. The van der Waals surface area contributed by atoms with Crippen molar-refractivity contribution in [3.05, 3.63) is 95.8 Å². The van der Waals surface area contributed by atoms with Crippen molar-refractivity contribution >= 4 is 29.1 Å². The number of aromatic nitrogens is 2. The molecule has 5 heteroatoms. The topological polar surface area (TPSA) is 59.7 Å². The fraction of sp³-hybridized carbons (Fsp3) is 0.0435. The molecule has 4 rings (SSSR count). The molecule has 0 spiro atoms. The molecule has 5 nitrogen and oxygen atoms in total. The van der Waals surface area contributed by atoms with Crippen LogP contribution >= 0.6 is 0 Å². The predicted octanol–water partition coefficient (Wildman–Crippen LogP) is 3.45. The number of para-hydroxylation sites is 1. The Labute approximate surface area is 162 Å². The van der Waals surface area contributed by atoms with Crippen LogP contribution in [0, 0.1) is 0 Å². The Bertz CT molecular complexity index is 1220. The average Bonchev–Trinajstić information content (AvgIpc) is 2.73. The van der Waals surface area contributed by atoms with Crippen LogP contribution in [0.15, 0.2) is 95.2 Å². The first-order chi connectivity index (χ1) is 13.9. The molecule has 0 N–H and O–H groups in total. The number of ether oxygens (including phenoxy) is 1. The molecule has 1 aromatic heterocycles. The summed E-state index contributed by atoms with van der Waals surface area (Å²) < 4.78 is 5.82. The molecule has 0 amide bonds. The zero-order valence-corrected chi connectivity index (χ0v) is 15.1. The second kappa shape index (κ2) is 8.68. The van der Waals surface area contributed by atoms with Crippen molar-refractivity contribution in [3.63, 3.8) is 0 Å². The Kier molecular flexibility index (Phi) is 5.44. The standard InChI is InChI=1S/C23H18N4O/c1-2-4-8-14-28-19-11-12-22-20(15-19)23(26-17-25-22)27-21-10-6-5-9-18(21)16-24-13-7-3-1/h1-13,15-17H,14H2/b2-1?,7-3-,8-4?,18-16+,24-13-,27-21?. The van der Waals surface area contributed by atoms with Crippen LogP contribution in [0.5, 0.6) is 5.75 Å². The highest BCUT2D eigenvalue weighted by molar-refractivity contribution is 5.88. The minimum atomic E-state index is 0.471. The van der Waals surface area contributed by atoms with Gasteiger partial charge in [0.1, 0.15) is 18.7 Å². The fourth-order valence-corrected chi connectivity index (χ4v) is 2.71. The summed E-state index contributed by atoms with van der Waals surface area (Å²) in [6.45, 7) is 0.471. The number of hydrogen-bond donors (Lipinski definition) is 0. The monoisotopic (exact) mass is 366 g/mol. The molecule has 0 aliphatic carbocycles. The van der Waals surface area contributed by atoms with E-state index in [0.29, 0.717) is 12.4 Å². The highest BCUT2D eigenvalue weighted by Gasteiger charge is 2.04. The van der Waals surface area contributed by atoms with Crippen LogP contribution in [-0.2, 0) is 0 Å². The normalized spacial score (nSPS) is 17.4. The summed E-state index contributed by atoms with van der Waals surface area (Å²) in [5.41, 5.74) is 0.818. The zero-order chi connectivity index (χ0) is 19.0. The number of allylic oxidation sites excluding steroid dienone is 5. The highest BCUT2D eigenvalue weighted by atomic mass is 16.5. The average molecular weight is 366 g/mol. The molecule has 136 valence electrons. The van der Waals surface area contributed by atoms with Gasteiger partial charge < -0.3 is 4.74 Å². The first-order valence-electron chi connectivity index (χ1n) is 8.93. The summed E-state index contributed by atoms with van der Waals surface area (Å²) in [5.74, 6) is 1.35. The molecule has 28 heavy (non-hydrogen) atoms. The number of nitrogens with zero attached hydrogens (tertiary/aromatic N) is 4. The van der Waals surface area contributed by atoms with Crippen LogP contribution in [0.2, 0.25) is 0 Å². The molecule has 1 aliphatic heterocycles. The van der Waals surface area contributed by atoms with Crippen LogP contribution in [0.1, 0.15) is 0 Å². The van der Waals surface area contributed by atoms with Crippen LogP contribution < -0.4 is 15.3 Å². The molecule has 1 aliphatic rings. The molecule has 0 fully saturated rings. The lowest BCUT2D eigenvalue weighted by atomic mass is 10.2. The van der Waals surface area contributed by atoms with Gasteiger partial charge in [-0.05, 0) is 36.4 Å². The lowest BCUT2D eigenvalue weighted by molar-refractivity contribution is 0.363. The van der Waals surface area contributed by atoms with E-state index in [0.717, 1.165) is 27.2 Å². The molecule has 0 atom stereocenters. The molecule has 0 saturated heterocycles. The highest BCUT2D eigenvalue weighted by Crippen LogP contribution is 2.25. The van der Waals surface area contributed by atoms with E-state index in [4.69, 9.17) is 9.73 Å². The quantitative estimate of drug-likeness (QED) is 0.612. The maximum absolute atomic E-state index is 5.82. The summed E-state index contributed by atoms with van der Waals surface area (Å²) in [4.78, 5) is 17.8. The van der Waals surface area contributed by atoms with Gasteiger partial charge >= 0.3 is 0 Å². The summed E-state index contributed by atoms with van der Waals surface area (Å²) in [6.07, 6.45) is 16.6. The molecule has 2 aromatic carbocycles. The maximum atomic E-state index is 5.82. The van der Waals surface area contributed by atoms with Gasteiger partial charge in [-0.2, -0.15) is 0 Å². The Balaban J connectivity index is 1.91. The third-order valence-electron chi connectivity index (χ3n) is 4.06. The predicted molar refractivity (Wildman–Crippen MR) is 112 cm³/mol. The van der Waals surface area contributed by atoms with E-state index >= 15 is 0 Å². The molecule has 2 heterocycles. The van der Waals surface area contributed by atoms with Gasteiger partial charge in [0.05, 0.1) is 10.9 Å². The first-order valence-corrected chi connectivity index (χ1v) is 8.93. The van der Waals surface area contributed by atoms with Crippen molar-refractivity contribution in [2.45, 2.75) is 0 Å². The lowest BCUT2D eigenvalue weighted by Gasteiger charge is -2.06. The zero-order valence-electron chi connectivity index (χ0n) is 15.1. The minimum absolute atomic E-state index is 0.471. The number of rotatable bonds is 0. The van der Waals surface area contributed by atoms with Crippen LogP contribution in [0.3, 0.4) is 0 Å². The largest absolute Gasteiger partial charge is 0.490 e. The number of hydrogen-bond acceptors (Lipinski definition) is 5. The van der Waals surface area contributed by atoms with Crippen molar-refractivity contribution in [2.24, 2.45) is 9.98 Å². The van der Waals surface area contributed by atoms with Crippen molar-refractivity contribution in [3.8, 4) is 5.75 Å². The van der Waals surface area contributed by atoms with Crippen LogP contribution in [0.25, 0.3) is 17.1 Å². The summed E-state index contributed by atoms with van der Waals surface area (Å²) in [6, 6.07) is 13.6. The Hall–Kier alpha value is -3.86. The number of benzene rings is 2. The lowest BCUT2D eigenvalue weighted by Crippen LogP contribution is -2.23. The smallest absolute Gasteiger partial charge is 0.163 e. The van der Waals surface area contributed by atoms with Gasteiger partial charge in [-0.3, -0.25) is 4.99 Å². The van der Waals surface area contributed by atoms with Crippen molar-refractivity contribution in [1.82, 2.24) is 9.97 Å². The van der Waals surface area contributed by atoms with Gasteiger partial charge in [-0.1, -0.05) is 42.5 Å². The van der Waals surface area contributed by atoms with E-state index in [1.54, 1.807) is 12.4 Å². The van der Waals surface area contributed by atoms with E-state index in [-0.39, 0.29) is 0 Å². The third kappa shape index (κ3) is 4.27. The molecular weight excluding hydrogens is 348 g/mol. The molecule has 0 saturated carbocycles. The molecule has 2 bridgehead atoms. The SMILES string of the molecule is C1=C\C=C/C=N\C=c2/ccccc2=Nc2ncnc3ccc(cc23)OCC=C1. The first kappa shape index (κ1) is 17.5. The molecular formula is C23H18N4O. The maximum Gasteiger partial charge on any atom is 0.163 e. The molecule has 0 radical (unpaired) electrons. The van der Waals surface area contributed by atoms with E-state index in [9.17, 15) is 0 Å². The molecule has 0 unspecified atom stereocenters. The Morgan fingerprint density at radius 1 is 0.857 bits per heavy atom. The van der Waals surface area contributed by atoms with Gasteiger partial charge in [0, 0.05) is 23.0 Å². The summed E-state index contributed by atoms with van der Waals surface area (Å²) in [5, 5.41) is 2.54. The Morgan fingerprint density at radius 3 is 2.75 bits per heavy atom. The fourth-order valence-electron chi connectivity index (χ4n) is 2.71. The third-order valence-corrected chi connectivity index (χ3v) is 4.06. The van der Waals surface area contributed by atoms with Gasteiger partial charge in [-0.15, -0.1) is 0 Å². The van der Waals surface area contributed by atoms with E-state index < -0.39 is 0 Å². The van der Waals surface area contributed by atoms with Gasteiger partial charge in [0.15, 0.2) is 5.82 Å². The van der Waals surface area contributed by atoms with Gasteiger partial charge in [0.25, 0.3) is 0 Å². The second-order valence-corrected chi connectivity index (χ2v) is 5.98. The van der Waals surface area contributed by atoms with E-state index in [2.05, 4.69) is 15.0 Å². The van der Waals surface area contributed by atoms with E-state index in [1.807, 2.05) is 78.9 Å². The van der Waals surface area contributed by atoms with Crippen LogP contribution in [-0.4, -0.2) is 22.8 Å². The van der Waals surface area contributed by atoms with Gasteiger partial charge in [0.2, 0.25) is 0 Å².